The van der Waals surface area contributed by atoms with Gasteiger partial charge < -0.3 is 9.64 Å². The fourth-order valence-electron chi connectivity index (χ4n) is 3.20. The number of carbonyl (C=O) groups is 1. The summed E-state index contributed by atoms with van der Waals surface area (Å²) in [5.41, 5.74) is -0.106. The normalized spacial score (nSPS) is 18.4. The number of amides is 1. The summed E-state index contributed by atoms with van der Waals surface area (Å²) in [6.07, 6.45) is 3.55. The number of ether oxygens (including phenoxy) is 1. The average molecular weight is 409 g/mol. The van der Waals surface area contributed by atoms with Crippen molar-refractivity contribution in [1.29, 1.82) is 0 Å². The van der Waals surface area contributed by atoms with E-state index in [4.69, 9.17) is 4.74 Å². The molecule has 0 radical (unpaired) electrons. The minimum Gasteiger partial charge on any atom is -0.444 e. The second kappa shape index (κ2) is 7.46. The molecule has 2 atom stereocenters. The van der Waals surface area contributed by atoms with Crippen LogP contribution in [-0.4, -0.2) is 59.7 Å². The molecule has 1 unspecified atom stereocenters. The van der Waals surface area contributed by atoms with Crippen LogP contribution in [0.3, 0.4) is 0 Å². The monoisotopic (exact) mass is 409 g/mol. The summed E-state index contributed by atoms with van der Waals surface area (Å²) in [7, 11) is -1.39. The molecule has 1 saturated heterocycles. The molecule has 0 bridgehead atoms. The Balaban J connectivity index is 1.81. The summed E-state index contributed by atoms with van der Waals surface area (Å²) in [5, 5.41) is 15.5. The minimum absolute atomic E-state index is 0.0784. The highest BCUT2D eigenvalue weighted by Gasteiger charge is 2.30. The van der Waals surface area contributed by atoms with Gasteiger partial charge in [-0.2, -0.15) is 9.61 Å². The molecule has 2 aromatic heterocycles. The van der Waals surface area contributed by atoms with E-state index in [1.54, 1.807) is 11.0 Å². The maximum absolute atomic E-state index is 12.2. The van der Waals surface area contributed by atoms with E-state index in [1.165, 1.54) is 10.8 Å². The molecule has 10 nitrogen and oxygen atoms in total. The summed E-state index contributed by atoms with van der Waals surface area (Å²) in [4.78, 5) is 28.9. The van der Waals surface area contributed by atoms with Gasteiger partial charge in [0.1, 0.15) is 16.8 Å². The molecule has 1 aliphatic heterocycles. The van der Waals surface area contributed by atoms with Crippen LogP contribution in [0.4, 0.5) is 10.5 Å². The standard InChI is InChI=1S/C17H23N5O5S/c1-17(2,3)27-16(23)20-6-5-11(10-20)7-12-8-14(28(4)26)21-15(19-12)13(9-18-21)22(24)25/h8-9,11H,5-7,10H2,1-4H3/t11-,28?/m1/s1. The average Bonchev–Trinajstić information content (AvgIpc) is 3.19. The minimum atomic E-state index is -1.39. The molecule has 1 amide bonds. The van der Waals surface area contributed by atoms with Crippen molar-refractivity contribution in [3.63, 3.8) is 0 Å². The van der Waals surface area contributed by atoms with Crippen molar-refractivity contribution in [3.05, 3.63) is 28.1 Å². The Morgan fingerprint density at radius 1 is 1.46 bits per heavy atom. The van der Waals surface area contributed by atoms with Crippen LogP contribution < -0.4 is 0 Å². The Labute approximate surface area is 164 Å². The van der Waals surface area contributed by atoms with E-state index in [-0.39, 0.29) is 23.3 Å². The molecule has 3 rings (SSSR count). The number of rotatable bonds is 4. The highest BCUT2D eigenvalue weighted by Crippen LogP contribution is 2.25. The molecule has 0 saturated carbocycles. The van der Waals surface area contributed by atoms with Crippen LogP contribution in [0.2, 0.25) is 0 Å². The van der Waals surface area contributed by atoms with E-state index in [0.29, 0.717) is 30.2 Å². The van der Waals surface area contributed by atoms with E-state index in [0.717, 1.165) is 12.6 Å². The van der Waals surface area contributed by atoms with Crippen LogP contribution in [0.1, 0.15) is 32.9 Å². The van der Waals surface area contributed by atoms with Crippen LogP contribution in [0, 0.1) is 16.0 Å². The van der Waals surface area contributed by atoms with Crippen LogP contribution in [0.5, 0.6) is 0 Å². The van der Waals surface area contributed by atoms with E-state index in [2.05, 4.69) is 10.1 Å². The Bertz CT molecular complexity index is 951. The lowest BCUT2D eigenvalue weighted by Crippen LogP contribution is -2.35. The summed E-state index contributed by atoms with van der Waals surface area (Å²) in [6.45, 7) is 6.57. The summed E-state index contributed by atoms with van der Waals surface area (Å²) < 4.78 is 18.7. The Kier molecular flexibility index (Phi) is 5.37. The van der Waals surface area contributed by atoms with Crippen LogP contribution >= 0.6 is 0 Å². The predicted octanol–water partition coefficient (Wildman–Crippen LogP) is 2.17. The van der Waals surface area contributed by atoms with Gasteiger partial charge >= 0.3 is 11.8 Å². The second-order valence-electron chi connectivity index (χ2n) is 7.85. The van der Waals surface area contributed by atoms with Gasteiger partial charge in [-0.1, -0.05) is 0 Å². The molecule has 1 aliphatic rings. The zero-order valence-corrected chi connectivity index (χ0v) is 17.1. The van der Waals surface area contributed by atoms with Gasteiger partial charge in [-0.15, -0.1) is 0 Å². The maximum Gasteiger partial charge on any atom is 0.410 e. The van der Waals surface area contributed by atoms with Gasteiger partial charge in [-0.3, -0.25) is 14.3 Å². The molecule has 0 N–H and O–H groups in total. The van der Waals surface area contributed by atoms with Gasteiger partial charge in [0.05, 0.1) is 15.7 Å². The first-order valence-electron chi connectivity index (χ1n) is 8.88. The predicted molar refractivity (Wildman–Crippen MR) is 102 cm³/mol. The topological polar surface area (TPSA) is 120 Å². The van der Waals surface area contributed by atoms with Crippen molar-refractivity contribution in [1.82, 2.24) is 19.5 Å². The number of likely N-dealkylation sites (tertiary alicyclic amines) is 1. The third kappa shape index (κ3) is 4.29. The molecule has 11 heteroatoms. The first kappa shape index (κ1) is 20.2. The SMILES string of the molecule is CS(=O)c1cc(C[C@H]2CCN(C(=O)OC(C)(C)C)C2)nc2c([N+](=O)[O-])cnn12. The van der Waals surface area contributed by atoms with Crippen molar-refractivity contribution in [2.75, 3.05) is 19.3 Å². The maximum atomic E-state index is 12.2. The Morgan fingerprint density at radius 3 is 2.79 bits per heavy atom. The molecule has 28 heavy (non-hydrogen) atoms. The van der Waals surface area contributed by atoms with Crippen LogP contribution in [0.15, 0.2) is 17.3 Å². The lowest BCUT2D eigenvalue weighted by Gasteiger charge is -2.24. The molecular formula is C17H23N5O5S. The first-order valence-corrected chi connectivity index (χ1v) is 10.4. The summed E-state index contributed by atoms with van der Waals surface area (Å²) >= 11 is 0. The number of hydrogen-bond donors (Lipinski definition) is 0. The smallest absolute Gasteiger partial charge is 0.410 e. The summed E-state index contributed by atoms with van der Waals surface area (Å²) in [6, 6.07) is 1.66. The number of fused-ring (bicyclic) bond motifs is 1. The first-order chi connectivity index (χ1) is 13.0. The molecule has 1 fully saturated rings. The Morgan fingerprint density at radius 2 is 2.18 bits per heavy atom. The van der Waals surface area contributed by atoms with E-state index < -0.39 is 21.3 Å². The molecule has 2 aromatic rings. The van der Waals surface area contributed by atoms with Crippen molar-refractivity contribution in [3.8, 4) is 0 Å². The van der Waals surface area contributed by atoms with E-state index in [9.17, 15) is 19.1 Å². The van der Waals surface area contributed by atoms with Crippen molar-refractivity contribution < 1.29 is 18.7 Å². The van der Waals surface area contributed by atoms with Gasteiger partial charge in [0, 0.05) is 25.0 Å². The van der Waals surface area contributed by atoms with Gasteiger partial charge in [-0.05, 0) is 45.6 Å². The van der Waals surface area contributed by atoms with E-state index >= 15 is 0 Å². The largest absolute Gasteiger partial charge is 0.444 e. The fraction of sp³-hybridized carbons (Fsp3) is 0.588. The number of carbonyl (C=O) groups excluding carboxylic acids is 1. The van der Waals surface area contributed by atoms with Gasteiger partial charge in [0.15, 0.2) is 0 Å². The third-order valence-corrected chi connectivity index (χ3v) is 5.28. The second-order valence-corrected chi connectivity index (χ2v) is 9.17. The number of aromatic nitrogens is 3. The molecule has 3 heterocycles. The van der Waals surface area contributed by atoms with Crippen molar-refractivity contribution in [2.45, 2.75) is 44.2 Å². The molecule has 152 valence electrons. The molecule has 0 aromatic carbocycles. The summed E-state index contributed by atoms with van der Waals surface area (Å²) in [5.74, 6) is 0.141. The quantitative estimate of drug-likeness (QED) is 0.431. The fourth-order valence-corrected chi connectivity index (χ4v) is 3.88. The zero-order valence-electron chi connectivity index (χ0n) is 16.2. The van der Waals surface area contributed by atoms with Crippen molar-refractivity contribution in [2.24, 2.45) is 5.92 Å². The van der Waals surface area contributed by atoms with Crippen LogP contribution in [-0.2, 0) is 22.0 Å². The van der Waals surface area contributed by atoms with Gasteiger partial charge in [0.25, 0.3) is 0 Å². The number of hydrogen-bond acceptors (Lipinski definition) is 7. The highest BCUT2D eigenvalue weighted by molar-refractivity contribution is 7.84. The zero-order chi connectivity index (χ0) is 20.6. The number of nitro groups is 1. The highest BCUT2D eigenvalue weighted by atomic mass is 32.2. The van der Waals surface area contributed by atoms with E-state index in [1.807, 2.05) is 20.8 Å². The number of nitrogens with zero attached hydrogens (tertiary/aromatic N) is 5. The lowest BCUT2D eigenvalue weighted by atomic mass is 10.0. The molecular weight excluding hydrogens is 386 g/mol. The third-order valence-electron chi connectivity index (χ3n) is 4.40. The van der Waals surface area contributed by atoms with Gasteiger partial charge in [0.2, 0.25) is 5.65 Å². The lowest BCUT2D eigenvalue weighted by molar-refractivity contribution is -0.383. The van der Waals surface area contributed by atoms with Crippen molar-refractivity contribution >= 4 is 28.2 Å². The molecule has 0 aliphatic carbocycles. The Hall–Kier alpha value is -2.56. The van der Waals surface area contributed by atoms with Gasteiger partial charge in [-0.25, -0.2) is 9.78 Å². The molecule has 0 spiro atoms. The van der Waals surface area contributed by atoms with Crippen LogP contribution in [0.25, 0.3) is 5.65 Å².